The fraction of sp³-hybridized carbons (Fsp3) is 0.625. The molecular weight excluding hydrogens is 258 g/mol. The van der Waals surface area contributed by atoms with Crippen LogP contribution in [0.5, 0.6) is 0 Å². The van der Waals surface area contributed by atoms with Crippen LogP contribution in [0.15, 0.2) is 12.1 Å². The number of piperidine rings is 1. The maximum absolute atomic E-state index is 13.6. The van der Waals surface area contributed by atoms with E-state index in [1.54, 1.807) is 7.05 Å². The number of halogens is 2. The average molecular weight is 280 g/mol. The van der Waals surface area contributed by atoms with E-state index in [0.29, 0.717) is 6.54 Å². The van der Waals surface area contributed by atoms with Gasteiger partial charge in [0.2, 0.25) is 0 Å². The van der Waals surface area contributed by atoms with Gasteiger partial charge in [-0.2, -0.15) is 0 Å². The zero-order valence-electron chi connectivity index (χ0n) is 12.2. The summed E-state index contributed by atoms with van der Waals surface area (Å²) < 4.78 is 27.2. The molecule has 3 rings (SSSR count). The van der Waals surface area contributed by atoms with Gasteiger partial charge >= 0.3 is 0 Å². The van der Waals surface area contributed by atoms with Gasteiger partial charge in [-0.3, -0.25) is 0 Å². The number of benzene rings is 1. The van der Waals surface area contributed by atoms with Gasteiger partial charge in [0, 0.05) is 25.1 Å². The number of nitrogens with zero attached hydrogens (tertiary/aromatic N) is 1. The molecule has 1 aromatic carbocycles. The van der Waals surface area contributed by atoms with Gasteiger partial charge in [-0.15, -0.1) is 0 Å². The highest BCUT2D eigenvalue weighted by Crippen LogP contribution is 2.37. The minimum Gasteiger partial charge on any atom is -0.355 e. The maximum atomic E-state index is 13.6. The summed E-state index contributed by atoms with van der Waals surface area (Å²) in [6, 6.07) is 4.47. The van der Waals surface area contributed by atoms with Crippen LogP contribution in [0.4, 0.5) is 14.5 Å². The summed E-state index contributed by atoms with van der Waals surface area (Å²) in [5.41, 5.74) is 5.17. The Morgan fingerprint density at radius 2 is 1.95 bits per heavy atom. The molecule has 1 unspecified atom stereocenters. The first-order valence-electron chi connectivity index (χ1n) is 7.44. The van der Waals surface area contributed by atoms with Crippen molar-refractivity contribution in [2.75, 3.05) is 18.5 Å². The maximum Gasteiger partial charge on any atom is 0.253 e. The molecule has 0 aromatic heterocycles. The van der Waals surface area contributed by atoms with E-state index in [1.165, 1.54) is 23.1 Å². The van der Waals surface area contributed by atoms with Gasteiger partial charge in [0.25, 0.3) is 5.92 Å². The Morgan fingerprint density at radius 3 is 2.65 bits per heavy atom. The molecule has 0 amide bonds. The van der Waals surface area contributed by atoms with Gasteiger partial charge in [-0.05, 0) is 56.0 Å². The summed E-state index contributed by atoms with van der Waals surface area (Å²) >= 11 is 0. The number of rotatable bonds is 2. The first-order valence-corrected chi connectivity index (χ1v) is 7.44. The summed E-state index contributed by atoms with van der Waals surface area (Å²) in [5.74, 6) is -2.55. The Labute approximate surface area is 119 Å². The highest BCUT2D eigenvalue weighted by atomic mass is 19.3. The molecule has 2 nitrogen and oxygen atoms in total. The van der Waals surface area contributed by atoms with Gasteiger partial charge < -0.3 is 10.2 Å². The van der Waals surface area contributed by atoms with Gasteiger partial charge in [0.05, 0.1) is 6.17 Å². The molecule has 0 saturated carbocycles. The molecule has 0 bridgehead atoms. The Kier molecular flexibility index (Phi) is 3.44. The van der Waals surface area contributed by atoms with Crippen molar-refractivity contribution in [1.29, 1.82) is 0 Å². The highest BCUT2D eigenvalue weighted by Gasteiger charge is 2.40. The first kappa shape index (κ1) is 13.8. The smallest absolute Gasteiger partial charge is 0.253 e. The van der Waals surface area contributed by atoms with Crippen molar-refractivity contribution in [3.8, 4) is 0 Å². The summed E-state index contributed by atoms with van der Waals surface area (Å²) in [6.45, 7) is 2.51. The van der Waals surface area contributed by atoms with Gasteiger partial charge in [-0.25, -0.2) is 8.78 Å². The summed E-state index contributed by atoms with van der Waals surface area (Å²) in [4.78, 5) is 2.12. The topological polar surface area (TPSA) is 15.3 Å². The van der Waals surface area contributed by atoms with Crippen LogP contribution >= 0.6 is 0 Å². The lowest BCUT2D eigenvalue weighted by Crippen LogP contribution is -2.53. The van der Waals surface area contributed by atoms with Gasteiger partial charge in [0.1, 0.15) is 0 Å². The zero-order valence-corrected chi connectivity index (χ0v) is 12.2. The molecule has 1 aromatic rings. The van der Waals surface area contributed by atoms with Gasteiger partial charge in [-0.1, -0.05) is 6.07 Å². The van der Waals surface area contributed by atoms with Crippen molar-refractivity contribution in [1.82, 2.24) is 5.32 Å². The number of hydrogen-bond acceptors (Lipinski definition) is 2. The second kappa shape index (κ2) is 4.99. The molecule has 0 spiro atoms. The molecule has 2 aliphatic rings. The van der Waals surface area contributed by atoms with Crippen LogP contribution in [-0.2, 0) is 12.8 Å². The van der Waals surface area contributed by atoms with Crippen molar-refractivity contribution >= 4 is 5.69 Å². The average Bonchev–Trinajstić information content (AvgIpc) is 2.84. The molecule has 110 valence electrons. The fourth-order valence-electron chi connectivity index (χ4n) is 3.52. The fourth-order valence-corrected chi connectivity index (χ4v) is 3.52. The Balaban J connectivity index is 1.92. The van der Waals surface area contributed by atoms with Gasteiger partial charge in [0.15, 0.2) is 0 Å². The van der Waals surface area contributed by atoms with Crippen molar-refractivity contribution < 1.29 is 8.78 Å². The molecule has 1 aliphatic heterocycles. The Morgan fingerprint density at radius 1 is 1.25 bits per heavy atom. The molecule has 20 heavy (non-hydrogen) atoms. The van der Waals surface area contributed by atoms with Crippen LogP contribution in [0, 0.1) is 6.92 Å². The number of alkyl halides is 2. The van der Waals surface area contributed by atoms with Crippen LogP contribution in [0.25, 0.3) is 0 Å². The predicted molar refractivity (Wildman–Crippen MR) is 77.6 cm³/mol. The van der Waals surface area contributed by atoms with Crippen molar-refractivity contribution in [3.05, 3.63) is 28.8 Å². The van der Waals surface area contributed by atoms with E-state index >= 15 is 0 Å². The SMILES string of the molecule is CNC1CC(F)(F)CCN1c1cc2c(cc1C)CCC2. The number of fused-ring (bicyclic) bond motifs is 1. The van der Waals surface area contributed by atoms with E-state index in [-0.39, 0.29) is 19.0 Å². The second-order valence-corrected chi connectivity index (χ2v) is 6.07. The number of aryl methyl sites for hydroxylation is 3. The molecule has 1 N–H and O–H groups in total. The van der Waals surface area contributed by atoms with E-state index < -0.39 is 5.92 Å². The third kappa shape index (κ3) is 2.41. The van der Waals surface area contributed by atoms with Crippen LogP contribution in [-0.4, -0.2) is 25.7 Å². The summed E-state index contributed by atoms with van der Waals surface area (Å²) in [5, 5.41) is 3.05. The molecular formula is C16H22F2N2. The molecule has 1 fully saturated rings. The third-order valence-corrected chi connectivity index (χ3v) is 4.64. The van der Waals surface area contributed by atoms with Crippen LogP contribution < -0.4 is 10.2 Å². The lowest BCUT2D eigenvalue weighted by Gasteiger charge is -2.41. The number of anilines is 1. The van der Waals surface area contributed by atoms with Crippen molar-refractivity contribution in [3.63, 3.8) is 0 Å². The zero-order chi connectivity index (χ0) is 14.3. The lowest BCUT2D eigenvalue weighted by atomic mass is 9.99. The second-order valence-electron chi connectivity index (χ2n) is 6.07. The van der Waals surface area contributed by atoms with E-state index in [2.05, 4.69) is 29.3 Å². The molecule has 4 heteroatoms. The highest BCUT2D eigenvalue weighted by molar-refractivity contribution is 5.59. The summed E-state index contributed by atoms with van der Waals surface area (Å²) in [7, 11) is 1.77. The number of hydrogen-bond donors (Lipinski definition) is 1. The van der Waals surface area contributed by atoms with Crippen LogP contribution in [0.1, 0.15) is 36.0 Å². The molecule has 1 atom stereocenters. The quantitative estimate of drug-likeness (QED) is 0.894. The minimum absolute atomic E-state index is 0.0539. The van der Waals surface area contributed by atoms with E-state index in [4.69, 9.17) is 0 Å². The normalized spacial score (nSPS) is 24.8. The lowest BCUT2D eigenvalue weighted by molar-refractivity contribution is -0.0365. The minimum atomic E-state index is -2.55. The Bertz CT molecular complexity index is 513. The predicted octanol–water partition coefficient (Wildman–Crippen LogP) is 3.26. The van der Waals surface area contributed by atoms with E-state index in [9.17, 15) is 8.78 Å². The molecule has 1 aliphatic carbocycles. The van der Waals surface area contributed by atoms with Crippen LogP contribution in [0.2, 0.25) is 0 Å². The first-order chi connectivity index (χ1) is 9.50. The van der Waals surface area contributed by atoms with Crippen LogP contribution in [0.3, 0.4) is 0 Å². The Hall–Kier alpha value is -1.16. The van der Waals surface area contributed by atoms with E-state index in [0.717, 1.165) is 18.5 Å². The number of nitrogens with one attached hydrogen (secondary N) is 1. The summed E-state index contributed by atoms with van der Waals surface area (Å²) in [6.07, 6.45) is 3.05. The largest absolute Gasteiger partial charge is 0.355 e. The molecule has 0 radical (unpaired) electrons. The van der Waals surface area contributed by atoms with Crippen molar-refractivity contribution in [2.45, 2.75) is 51.1 Å². The monoisotopic (exact) mass is 280 g/mol. The molecule has 1 heterocycles. The third-order valence-electron chi connectivity index (χ3n) is 4.64. The van der Waals surface area contributed by atoms with Crippen molar-refractivity contribution in [2.24, 2.45) is 0 Å². The molecule has 1 saturated heterocycles. The van der Waals surface area contributed by atoms with E-state index in [1.807, 2.05) is 0 Å². The standard InChI is InChI=1S/C16H22F2N2/c1-11-8-12-4-3-5-13(12)9-14(11)20-7-6-16(17,18)10-15(20)19-2/h8-9,15,19H,3-7,10H2,1-2H3.